The SMILES string of the molecule is COCC(NC(=O)CC(C)(C)NC(=O)OC(C)(C)C)c1nn[nH]n1. The van der Waals surface area contributed by atoms with Crippen molar-refractivity contribution in [3.05, 3.63) is 5.82 Å². The first-order valence-electron chi connectivity index (χ1n) is 7.55. The van der Waals surface area contributed by atoms with E-state index in [0.29, 0.717) is 5.82 Å². The smallest absolute Gasteiger partial charge is 0.408 e. The third-order valence-corrected chi connectivity index (χ3v) is 2.78. The molecule has 0 saturated carbocycles. The Bertz CT molecular complexity index is 538. The zero-order valence-corrected chi connectivity index (χ0v) is 15.0. The van der Waals surface area contributed by atoms with Crippen LogP contribution >= 0.6 is 0 Å². The van der Waals surface area contributed by atoms with Gasteiger partial charge in [0.05, 0.1) is 6.61 Å². The van der Waals surface area contributed by atoms with Crippen molar-refractivity contribution in [3.63, 3.8) is 0 Å². The Hall–Kier alpha value is -2.23. The maximum absolute atomic E-state index is 12.3. The van der Waals surface area contributed by atoms with E-state index in [1.54, 1.807) is 34.6 Å². The zero-order chi connectivity index (χ0) is 18.4. The van der Waals surface area contributed by atoms with Crippen molar-refractivity contribution in [2.24, 2.45) is 0 Å². The van der Waals surface area contributed by atoms with Crippen LogP contribution < -0.4 is 10.6 Å². The number of hydrogen-bond acceptors (Lipinski definition) is 7. The first kappa shape index (κ1) is 19.8. The van der Waals surface area contributed by atoms with Gasteiger partial charge < -0.3 is 20.1 Å². The van der Waals surface area contributed by atoms with Crippen LogP contribution in [-0.2, 0) is 14.3 Å². The number of aromatic nitrogens is 4. The lowest BCUT2D eigenvalue weighted by Crippen LogP contribution is -2.49. The van der Waals surface area contributed by atoms with Gasteiger partial charge in [0, 0.05) is 19.1 Å². The number of ether oxygens (including phenoxy) is 2. The molecule has 0 aliphatic heterocycles. The van der Waals surface area contributed by atoms with Crippen LogP contribution in [0.2, 0.25) is 0 Å². The fourth-order valence-corrected chi connectivity index (χ4v) is 1.94. The molecule has 136 valence electrons. The molecule has 0 bridgehead atoms. The Labute approximate surface area is 141 Å². The molecule has 1 aromatic rings. The van der Waals surface area contributed by atoms with E-state index in [9.17, 15) is 9.59 Å². The average Bonchev–Trinajstić information content (AvgIpc) is 2.87. The van der Waals surface area contributed by atoms with Crippen LogP contribution in [0, 0.1) is 0 Å². The minimum atomic E-state index is -0.790. The Morgan fingerprint density at radius 1 is 1.25 bits per heavy atom. The number of amides is 2. The van der Waals surface area contributed by atoms with Crippen LogP contribution in [0.4, 0.5) is 4.79 Å². The van der Waals surface area contributed by atoms with Gasteiger partial charge in [-0.25, -0.2) is 4.79 Å². The lowest BCUT2D eigenvalue weighted by atomic mass is 10.0. The van der Waals surface area contributed by atoms with E-state index in [-0.39, 0.29) is 18.9 Å². The quantitative estimate of drug-likeness (QED) is 0.664. The number of alkyl carbamates (subject to hydrolysis) is 1. The number of hydrogen-bond donors (Lipinski definition) is 3. The maximum atomic E-state index is 12.3. The first-order valence-corrected chi connectivity index (χ1v) is 7.55. The molecule has 1 heterocycles. The summed E-state index contributed by atoms with van der Waals surface area (Å²) in [6.45, 7) is 8.98. The van der Waals surface area contributed by atoms with E-state index in [4.69, 9.17) is 9.47 Å². The minimum absolute atomic E-state index is 0.0459. The number of carbonyl (C=O) groups is 2. The Morgan fingerprint density at radius 3 is 2.42 bits per heavy atom. The van der Waals surface area contributed by atoms with Crippen molar-refractivity contribution in [1.82, 2.24) is 31.3 Å². The van der Waals surface area contributed by atoms with Gasteiger partial charge in [0.25, 0.3) is 0 Å². The molecule has 0 radical (unpaired) electrons. The van der Waals surface area contributed by atoms with Gasteiger partial charge in [-0.15, -0.1) is 10.2 Å². The van der Waals surface area contributed by atoms with Crippen molar-refractivity contribution in [1.29, 1.82) is 0 Å². The van der Waals surface area contributed by atoms with Gasteiger partial charge in [0.1, 0.15) is 11.6 Å². The van der Waals surface area contributed by atoms with Gasteiger partial charge in [-0.05, 0) is 34.6 Å². The lowest BCUT2D eigenvalue weighted by Gasteiger charge is -2.28. The molecule has 0 aliphatic carbocycles. The summed E-state index contributed by atoms with van der Waals surface area (Å²) in [5.74, 6) is 0.0333. The maximum Gasteiger partial charge on any atom is 0.408 e. The third-order valence-electron chi connectivity index (χ3n) is 2.78. The number of nitrogens with one attached hydrogen (secondary N) is 3. The molecule has 10 nitrogen and oxygen atoms in total. The van der Waals surface area contributed by atoms with E-state index in [0.717, 1.165) is 0 Å². The standard InChI is InChI=1S/C14H26N6O4/c1-13(2,3)24-12(22)16-14(4,5)7-10(21)15-9(8-23-6)11-17-19-20-18-11/h9H,7-8H2,1-6H3,(H,15,21)(H,16,22)(H,17,18,19,20). The summed E-state index contributed by atoms with van der Waals surface area (Å²) < 4.78 is 10.3. The number of rotatable bonds is 7. The predicted molar refractivity (Wildman–Crippen MR) is 85.0 cm³/mol. The van der Waals surface area contributed by atoms with Gasteiger partial charge >= 0.3 is 6.09 Å². The predicted octanol–water partition coefficient (Wildman–Crippen LogP) is 0.697. The first-order chi connectivity index (χ1) is 11.0. The van der Waals surface area contributed by atoms with E-state index in [2.05, 4.69) is 31.3 Å². The number of carbonyl (C=O) groups excluding carboxylic acids is 2. The fourth-order valence-electron chi connectivity index (χ4n) is 1.94. The van der Waals surface area contributed by atoms with Crippen LogP contribution in [0.25, 0.3) is 0 Å². The second kappa shape index (κ2) is 8.04. The average molecular weight is 342 g/mol. The molecule has 10 heteroatoms. The van der Waals surface area contributed by atoms with Crippen molar-refractivity contribution in [2.45, 2.75) is 58.2 Å². The third kappa shape index (κ3) is 7.36. The van der Waals surface area contributed by atoms with Crippen molar-refractivity contribution in [3.8, 4) is 0 Å². The summed E-state index contributed by atoms with van der Waals surface area (Å²) >= 11 is 0. The molecule has 0 fully saturated rings. The molecule has 1 unspecified atom stereocenters. The zero-order valence-electron chi connectivity index (χ0n) is 15.0. The van der Waals surface area contributed by atoms with E-state index in [1.165, 1.54) is 7.11 Å². The second-order valence-corrected chi connectivity index (χ2v) is 7.03. The molecule has 1 rings (SSSR count). The van der Waals surface area contributed by atoms with Crippen LogP contribution in [-0.4, -0.2) is 57.5 Å². The molecule has 0 aliphatic rings. The lowest BCUT2D eigenvalue weighted by molar-refractivity contribution is -0.123. The summed E-state index contributed by atoms with van der Waals surface area (Å²) in [5, 5.41) is 18.9. The van der Waals surface area contributed by atoms with Crippen molar-refractivity contribution >= 4 is 12.0 Å². The minimum Gasteiger partial charge on any atom is -0.444 e. The van der Waals surface area contributed by atoms with E-state index >= 15 is 0 Å². The molecular formula is C14H26N6O4. The molecule has 1 atom stereocenters. The summed E-state index contributed by atoms with van der Waals surface area (Å²) in [7, 11) is 1.51. The summed E-state index contributed by atoms with van der Waals surface area (Å²) in [5.41, 5.74) is -1.40. The van der Waals surface area contributed by atoms with Crippen LogP contribution in [0.1, 0.15) is 52.9 Å². The summed E-state index contributed by atoms with van der Waals surface area (Å²) in [6, 6.07) is -0.529. The number of nitrogens with zero attached hydrogens (tertiary/aromatic N) is 3. The monoisotopic (exact) mass is 342 g/mol. The molecule has 3 N–H and O–H groups in total. The summed E-state index contributed by atoms with van der Waals surface area (Å²) in [4.78, 5) is 24.1. The van der Waals surface area contributed by atoms with Crippen LogP contribution in [0.15, 0.2) is 0 Å². The van der Waals surface area contributed by atoms with Crippen LogP contribution in [0.5, 0.6) is 0 Å². The highest BCUT2D eigenvalue weighted by Gasteiger charge is 2.28. The number of H-pyrrole nitrogens is 1. The topological polar surface area (TPSA) is 131 Å². The van der Waals surface area contributed by atoms with Gasteiger partial charge in [-0.1, -0.05) is 5.21 Å². The Balaban J connectivity index is 2.59. The molecule has 0 saturated heterocycles. The number of methoxy groups -OCH3 is 1. The molecular weight excluding hydrogens is 316 g/mol. The normalized spacial score (nSPS) is 13.2. The summed E-state index contributed by atoms with van der Waals surface area (Å²) in [6.07, 6.45) is -0.531. The molecule has 2 amide bonds. The molecule has 0 aromatic carbocycles. The van der Waals surface area contributed by atoms with E-state index < -0.39 is 23.3 Å². The highest BCUT2D eigenvalue weighted by Crippen LogP contribution is 2.14. The van der Waals surface area contributed by atoms with Crippen molar-refractivity contribution in [2.75, 3.05) is 13.7 Å². The van der Waals surface area contributed by atoms with E-state index in [1.807, 2.05) is 0 Å². The van der Waals surface area contributed by atoms with Gasteiger partial charge in [0.2, 0.25) is 5.91 Å². The Kier molecular flexibility index (Phi) is 6.64. The second-order valence-electron chi connectivity index (χ2n) is 7.03. The molecule has 0 spiro atoms. The highest BCUT2D eigenvalue weighted by molar-refractivity contribution is 5.78. The van der Waals surface area contributed by atoms with Gasteiger partial charge in [-0.3, -0.25) is 4.79 Å². The van der Waals surface area contributed by atoms with Crippen molar-refractivity contribution < 1.29 is 19.1 Å². The fraction of sp³-hybridized carbons (Fsp3) is 0.786. The highest BCUT2D eigenvalue weighted by atomic mass is 16.6. The molecule has 24 heavy (non-hydrogen) atoms. The number of aromatic amines is 1. The van der Waals surface area contributed by atoms with Gasteiger partial charge in [-0.2, -0.15) is 5.21 Å². The Morgan fingerprint density at radius 2 is 1.92 bits per heavy atom. The van der Waals surface area contributed by atoms with Crippen LogP contribution in [0.3, 0.4) is 0 Å². The largest absolute Gasteiger partial charge is 0.444 e. The number of tetrazole rings is 1. The molecule has 1 aromatic heterocycles. The van der Waals surface area contributed by atoms with Gasteiger partial charge in [0.15, 0.2) is 5.82 Å².